The summed E-state index contributed by atoms with van der Waals surface area (Å²) in [6, 6.07) is 16.3. The highest BCUT2D eigenvalue weighted by Crippen LogP contribution is 2.30. The first-order chi connectivity index (χ1) is 17.7. The van der Waals surface area contributed by atoms with Gasteiger partial charge in [0.25, 0.3) is 11.5 Å². The summed E-state index contributed by atoms with van der Waals surface area (Å²) in [5.74, 6) is -0.739. The number of nitrogens with zero attached hydrogens (tertiary/aromatic N) is 2. The van der Waals surface area contributed by atoms with E-state index in [0.29, 0.717) is 17.8 Å². The molecule has 37 heavy (non-hydrogen) atoms. The highest BCUT2D eigenvalue weighted by molar-refractivity contribution is 7.09. The zero-order chi connectivity index (χ0) is 26.2. The van der Waals surface area contributed by atoms with E-state index in [2.05, 4.69) is 10.4 Å². The van der Waals surface area contributed by atoms with Crippen molar-refractivity contribution in [2.24, 2.45) is 0 Å². The van der Waals surface area contributed by atoms with Gasteiger partial charge in [0.15, 0.2) is 0 Å². The van der Waals surface area contributed by atoms with E-state index in [0.717, 1.165) is 21.9 Å². The van der Waals surface area contributed by atoms with Crippen molar-refractivity contribution in [2.45, 2.75) is 19.1 Å². The number of halogens is 3. The topological polar surface area (TPSA) is 87.2 Å². The van der Waals surface area contributed by atoms with E-state index in [1.165, 1.54) is 34.2 Å². The molecule has 0 radical (unpaired) electrons. The van der Waals surface area contributed by atoms with Crippen molar-refractivity contribution >= 4 is 29.4 Å². The summed E-state index contributed by atoms with van der Waals surface area (Å²) in [6.45, 7) is -0.352. The van der Waals surface area contributed by atoms with Gasteiger partial charge in [-0.1, -0.05) is 36.4 Å². The number of alkyl halides is 3. The number of H-pyrrole nitrogens is 1. The van der Waals surface area contributed by atoms with Crippen LogP contribution in [-0.4, -0.2) is 26.6 Å². The minimum absolute atomic E-state index is 0.138. The van der Waals surface area contributed by atoms with Crippen molar-refractivity contribution in [3.05, 3.63) is 115 Å². The molecule has 2 N–H and O–H groups in total. The normalized spacial score (nSPS) is 15.0. The van der Waals surface area contributed by atoms with E-state index in [9.17, 15) is 27.6 Å². The summed E-state index contributed by atoms with van der Waals surface area (Å²) in [5, 5.41) is 7.45. The second-order valence-electron chi connectivity index (χ2n) is 8.31. The van der Waals surface area contributed by atoms with Crippen molar-refractivity contribution in [1.82, 2.24) is 20.0 Å². The number of benzene rings is 2. The maximum absolute atomic E-state index is 13.3. The fraction of sp³-hybridized carbons (Fsp3) is 0.115. The lowest BCUT2D eigenvalue weighted by Gasteiger charge is -2.13. The van der Waals surface area contributed by atoms with Gasteiger partial charge in [0.05, 0.1) is 29.1 Å². The lowest BCUT2D eigenvalue weighted by atomic mass is 10.1. The maximum Gasteiger partial charge on any atom is 0.416 e. The number of para-hydroxylation sites is 1. The van der Waals surface area contributed by atoms with E-state index in [-0.39, 0.29) is 23.4 Å². The molecule has 2 aromatic heterocycles. The van der Waals surface area contributed by atoms with Gasteiger partial charge in [-0.25, -0.2) is 9.48 Å². The van der Waals surface area contributed by atoms with E-state index in [4.69, 9.17) is 0 Å². The number of imide groups is 1. The fourth-order valence-electron chi connectivity index (χ4n) is 4.01. The number of hydrogen-bond acceptors (Lipinski definition) is 4. The van der Waals surface area contributed by atoms with Crippen molar-refractivity contribution in [2.75, 3.05) is 0 Å². The Bertz CT molecular complexity index is 1550. The molecule has 0 unspecified atom stereocenters. The molecule has 0 aliphatic carbocycles. The summed E-state index contributed by atoms with van der Waals surface area (Å²) in [4.78, 5) is 40.8. The van der Waals surface area contributed by atoms with Crippen molar-refractivity contribution in [3.63, 3.8) is 0 Å². The first-order valence-corrected chi connectivity index (χ1v) is 12.0. The van der Waals surface area contributed by atoms with Gasteiger partial charge in [-0.15, -0.1) is 11.3 Å². The van der Waals surface area contributed by atoms with Gasteiger partial charge in [-0.05, 0) is 47.4 Å². The van der Waals surface area contributed by atoms with E-state index in [1.807, 2.05) is 23.6 Å². The molecule has 0 bridgehead atoms. The van der Waals surface area contributed by atoms with Gasteiger partial charge in [-0.3, -0.25) is 19.6 Å². The monoisotopic (exact) mass is 524 g/mol. The molecule has 2 aromatic carbocycles. The van der Waals surface area contributed by atoms with Crippen LogP contribution in [0.1, 0.15) is 27.3 Å². The second kappa shape index (κ2) is 9.58. The molecule has 4 aromatic rings. The highest BCUT2D eigenvalue weighted by atomic mass is 32.1. The predicted molar refractivity (Wildman–Crippen MR) is 132 cm³/mol. The Morgan fingerprint density at radius 2 is 1.73 bits per heavy atom. The van der Waals surface area contributed by atoms with Gasteiger partial charge >= 0.3 is 12.2 Å². The third-order valence-electron chi connectivity index (χ3n) is 5.80. The SMILES string of the molecule is O=C1N/C(=C\c2c(Cc3cccs3)[nH]n(-c3ccccc3)c2=O)C(=O)N1Cc1cccc(C(F)(F)F)c1. The van der Waals surface area contributed by atoms with Crippen LogP contribution >= 0.6 is 11.3 Å². The average molecular weight is 525 g/mol. The van der Waals surface area contributed by atoms with Crippen LogP contribution in [0.3, 0.4) is 0 Å². The van der Waals surface area contributed by atoms with Gasteiger partial charge in [-0.2, -0.15) is 13.2 Å². The van der Waals surface area contributed by atoms with Crippen LogP contribution in [-0.2, 0) is 23.9 Å². The summed E-state index contributed by atoms with van der Waals surface area (Å²) >= 11 is 1.51. The Morgan fingerprint density at radius 1 is 0.946 bits per heavy atom. The molecular weight excluding hydrogens is 505 g/mol. The van der Waals surface area contributed by atoms with Gasteiger partial charge < -0.3 is 5.32 Å². The molecule has 1 aliphatic rings. The molecule has 1 fully saturated rings. The number of carbonyl (C=O) groups is 2. The first kappa shape index (κ1) is 24.3. The average Bonchev–Trinajstić information content (AvgIpc) is 3.56. The molecule has 11 heteroatoms. The van der Waals surface area contributed by atoms with Crippen molar-refractivity contribution < 1.29 is 22.8 Å². The lowest BCUT2D eigenvalue weighted by molar-refractivity contribution is -0.137. The smallest absolute Gasteiger partial charge is 0.303 e. The van der Waals surface area contributed by atoms with Crippen molar-refractivity contribution in [1.29, 1.82) is 0 Å². The van der Waals surface area contributed by atoms with Gasteiger partial charge in [0, 0.05) is 11.3 Å². The predicted octanol–water partition coefficient (Wildman–Crippen LogP) is 4.93. The van der Waals surface area contributed by atoms with Crippen molar-refractivity contribution in [3.8, 4) is 5.69 Å². The quantitative estimate of drug-likeness (QED) is 0.277. The third kappa shape index (κ3) is 4.98. The molecule has 3 amide bonds. The van der Waals surface area contributed by atoms with Crippen LogP contribution in [0, 0.1) is 0 Å². The van der Waals surface area contributed by atoms with Gasteiger partial charge in [0.2, 0.25) is 0 Å². The van der Waals surface area contributed by atoms with Crippen LogP contribution in [0.25, 0.3) is 11.8 Å². The molecule has 0 atom stereocenters. The number of hydrogen-bond donors (Lipinski definition) is 2. The fourth-order valence-corrected chi connectivity index (χ4v) is 4.73. The molecule has 1 saturated heterocycles. The van der Waals surface area contributed by atoms with E-state index < -0.39 is 29.2 Å². The van der Waals surface area contributed by atoms with Crippen LogP contribution in [0.15, 0.2) is 82.6 Å². The number of rotatable bonds is 6. The molecule has 1 aliphatic heterocycles. The number of thiophene rings is 1. The minimum Gasteiger partial charge on any atom is -0.303 e. The standard InChI is InChI=1S/C26H19F3N4O3S/c27-26(28,29)17-7-4-6-16(12-17)15-32-24(35)22(30-25(32)36)14-20-21(13-19-10-5-11-37-19)31-33(23(20)34)18-8-2-1-3-9-18/h1-12,14,31H,13,15H2,(H,30,36)/b22-14-. The van der Waals surface area contributed by atoms with Crippen LogP contribution in [0.5, 0.6) is 0 Å². The Morgan fingerprint density at radius 3 is 2.43 bits per heavy atom. The summed E-state index contributed by atoms with van der Waals surface area (Å²) in [6.07, 6.45) is -2.85. The number of amides is 3. The lowest BCUT2D eigenvalue weighted by Crippen LogP contribution is -2.30. The Hall–Kier alpha value is -4.38. The largest absolute Gasteiger partial charge is 0.416 e. The maximum atomic E-state index is 13.3. The van der Waals surface area contributed by atoms with Crippen LogP contribution < -0.4 is 10.9 Å². The summed E-state index contributed by atoms with van der Waals surface area (Å²) < 4.78 is 40.6. The molecular formula is C26H19F3N4O3S. The molecule has 3 heterocycles. The first-order valence-electron chi connectivity index (χ1n) is 11.1. The Labute approximate surface area is 212 Å². The number of nitrogens with one attached hydrogen (secondary N) is 2. The number of aromatic amines is 1. The molecule has 5 rings (SSSR count). The number of aromatic nitrogens is 2. The summed E-state index contributed by atoms with van der Waals surface area (Å²) in [5.41, 5.74) is 0.0525. The minimum atomic E-state index is -4.55. The number of urea groups is 1. The third-order valence-corrected chi connectivity index (χ3v) is 6.67. The zero-order valence-electron chi connectivity index (χ0n) is 19.1. The highest BCUT2D eigenvalue weighted by Gasteiger charge is 2.35. The van der Waals surface area contributed by atoms with E-state index in [1.54, 1.807) is 24.3 Å². The Kier molecular flexibility index (Phi) is 6.30. The number of carbonyl (C=O) groups excluding carboxylic acids is 2. The second-order valence-corrected chi connectivity index (χ2v) is 9.35. The van der Waals surface area contributed by atoms with Crippen LogP contribution in [0.4, 0.5) is 18.0 Å². The van der Waals surface area contributed by atoms with E-state index >= 15 is 0 Å². The van der Waals surface area contributed by atoms with Crippen LogP contribution in [0.2, 0.25) is 0 Å². The summed E-state index contributed by atoms with van der Waals surface area (Å²) in [7, 11) is 0. The molecule has 188 valence electrons. The Balaban J connectivity index is 1.48. The zero-order valence-corrected chi connectivity index (χ0v) is 19.9. The van der Waals surface area contributed by atoms with Gasteiger partial charge in [0.1, 0.15) is 5.70 Å². The molecule has 0 saturated carbocycles. The molecule has 0 spiro atoms. The molecule has 7 nitrogen and oxygen atoms in total.